The van der Waals surface area contributed by atoms with Gasteiger partial charge in [0.25, 0.3) is 0 Å². The third-order valence-corrected chi connectivity index (χ3v) is 10.5. The van der Waals surface area contributed by atoms with E-state index in [1.807, 2.05) is 20.0 Å². The van der Waals surface area contributed by atoms with Crippen LogP contribution in [-0.2, 0) is 0 Å². The van der Waals surface area contributed by atoms with Crippen LogP contribution in [0, 0.1) is 12.7 Å². The highest BCUT2D eigenvalue weighted by molar-refractivity contribution is 6.41. The minimum absolute atomic E-state index is 0.111. The Bertz CT molecular complexity index is 2240. The summed E-state index contributed by atoms with van der Waals surface area (Å²) < 4.78 is 15.2. The van der Waals surface area contributed by atoms with Crippen molar-refractivity contribution in [1.29, 1.82) is 0 Å². The van der Waals surface area contributed by atoms with E-state index in [0.29, 0.717) is 45.2 Å². The maximum Gasteiger partial charge on any atom is 0.197 e. The smallest absolute Gasteiger partial charge is 0.197 e. The maximum absolute atomic E-state index is 15.2. The number of aromatic nitrogens is 2. The van der Waals surface area contributed by atoms with Crippen molar-refractivity contribution in [2.24, 2.45) is 0 Å². The van der Waals surface area contributed by atoms with Crippen LogP contribution in [0.2, 0.25) is 0 Å². The molecule has 7 rings (SSSR count). The molecule has 0 spiro atoms. The van der Waals surface area contributed by atoms with E-state index in [9.17, 15) is 9.59 Å². The molecule has 1 aliphatic heterocycles. The Balaban J connectivity index is 1.63. The molecule has 53 heavy (non-hydrogen) atoms. The predicted molar refractivity (Wildman–Crippen MR) is 217 cm³/mol. The van der Waals surface area contributed by atoms with Crippen LogP contribution in [-0.4, -0.2) is 29.4 Å². The van der Waals surface area contributed by atoms with E-state index in [1.165, 1.54) is 6.07 Å². The van der Waals surface area contributed by atoms with Gasteiger partial charge in [-0.15, -0.1) is 0 Å². The average Bonchev–Trinajstić information content (AvgIpc) is 3.54. The van der Waals surface area contributed by atoms with Crippen LogP contribution in [0.4, 0.5) is 27.4 Å². The number of rotatable bonds is 7. The van der Waals surface area contributed by atoms with Gasteiger partial charge < -0.3 is 0 Å². The summed E-state index contributed by atoms with van der Waals surface area (Å²) in [7, 11) is 1.92. The lowest BCUT2D eigenvalue weighted by molar-refractivity contribution is 0.0988. The maximum atomic E-state index is 15.2. The van der Waals surface area contributed by atoms with E-state index in [2.05, 4.69) is 102 Å². The summed E-state index contributed by atoms with van der Waals surface area (Å²) in [6, 6.07) is 21.4. The molecule has 4 aromatic carbocycles. The summed E-state index contributed by atoms with van der Waals surface area (Å²) in [5.41, 5.74) is 9.78. The molecule has 0 amide bonds. The minimum Gasteiger partial charge on any atom is -0.288 e. The molecule has 0 saturated heterocycles. The first kappa shape index (κ1) is 36.0. The Labute approximate surface area is 312 Å². The summed E-state index contributed by atoms with van der Waals surface area (Å²) >= 11 is 0. The number of hydrogen-bond donors (Lipinski definition) is 0. The van der Waals surface area contributed by atoms with Gasteiger partial charge in [-0.2, -0.15) is 0 Å². The lowest BCUT2D eigenvalue weighted by Gasteiger charge is -2.32. The molecule has 0 bridgehead atoms. The monoisotopic (exact) mass is 704 g/mol. The van der Waals surface area contributed by atoms with Gasteiger partial charge in [0.15, 0.2) is 23.2 Å². The van der Waals surface area contributed by atoms with Gasteiger partial charge in [0, 0.05) is 17.2 Å². The Kier molecular flexibility index (Phi) is 9.21. The van der Waals surface area contributed by atoms with E-state index < -0.39 is 0 Å². The minimum atomic E-state index is -0.348. The van der Waals surface area contributed by atoms with E-state index >= 15 is 4.39 Å². The van der Waals surface area contributed by atoms with Gasteiger partial charge >= 0.3 is 0 Å². The van der Waals surface area contributed by atoms with Crippen LogP contribution in [0.5, 0.6) is 0 Å². The van der Waals surface area contributed by atoms with Gasteiger partial charge in [0.05, 0.1) is 28.0 Å². The van der Waals surface area contributed by atoms with Crippen LogP contribution in [0.1, 0.15) is 128 Å². The van der Waals surface area contributed by atoms with E-state index in [1.54, 1.807) is 31.2 Å². The number of benzene rings is 4. The van der Waals surface area contributed by atoms with Crippen LogP contribution < -0.4 is 15.3 Å². The summed E-state index contributed by atoms with van der Waals surface area (Å²) in [4.78, 5) is 42.5. The number of Topliss-reactive ketones (excluding diaryl/α,β-unsaturated/α-hetero) is 2. The highest BCUT2D eigenvalue weighted by atomic mass is 19.1. The number of carbonyl (C=O) groups is 2. The summed E-state index contributed by atoms with van der Waals surface area (Å²) in [6.07, 6.45) is 3.55. The number of anilines is 4. The van der Waals surface area contributed by atoms with Crippen LogP contribution >= 0.6 is 0 Å². The molecule has 8 heteroatoms. The lowest BCUT2D eigenvalue weighted by atomic mass is 9.91. The Hall–Kier alpha value is -5.37. The Morgan fingerprint density at radius 2 is 1.08 bits per heavy atom. The van der Waals surface area contributed by atoms with E-state index in [-0.39, 0.29) is 46.6 Å². The first-order valence-corrected chi connectivity index (χ1v) is 18.6. The number of para-hydroxylation sites is 2. The molecular weight excluding hydrogens is 658 g/mol. The van der Waals surface area contributed by atoms with Crippen LogP contribution in [0.15, 0.2) is 90.3 Å². The molecule has 1 aliphatic carbocycles. The first-order chi connectivity index (χ1) is 25.2. The molecule has 0 fully saturated rings. The van der Waals surface area contributed by atoms with Crippen molar-refractivity contribution >= 4 is 58.9 Å². The molecule has 1 aromatic heterocycles. The fourth-order valence-electron chi connectivity index (χ4n) is 7.66. The largest absolute Gasteiger partial charge is 0.288 e. The van der Waals surface area contributed by atoms with Crippen molar-refractivity contribution in [1.82, 2.24) is 9.97 Å². The number of allylic oxidation sites excluding steroid dienone is 3. The van der Waals surface area contributed by atoms with Crippen molar-refractivity contribution in [2.75, 3.05) is 9.80 Å². The van der Waals surface area contributed by atoms with Crippen molar-refractivity contribution in [3.8, 4) is 0 Å². The molecule has 0 N–H and O–H groups in total. The second kappa shape index (κ2) is 13.6. The predicted octanol–water partition coefficient (Wildman–Crippen LogP) is 9.97. The Morgan fingerprint density at radius 1 is 0.623 bits per heavy atom. The van der Waals surface area contributed by atoms with Gasteiger partial charge in [0.2, 0.25) is 0 Å². The SMILES string of the molecule is Bc1ccc2c(c1)C(=O)/C(=C/C=C1/N(c3c(C(C)C)cccc3C(C)C)c3nc4cc(C)c(F)cc4nc3N1c1c(C(C)C)cccc1C(C)C)C2=O. The zero-order chi connectivity index (χ0) is 38.0. The van der Waals surface area contributed by atoms with Crippen LogP contribution in [0.25, 0.3) is 11.0 Å². The van der Waals surface area contributed by atoms with Crippen LogP contribution in [0.3, 0.4) is 0 Å². The third kappa shape index (κ3) is 5.98. The van der Waals surface area contributed by atoms with Crippen molar-refractivity contribution < 1.29 is 14.0 Å². The first-order valence-electron chi connectivity index (χ1n) is 18.6. The summed E-state index contributed by atoms with van der Waals surface area (Å²) in [5.74, 6) is 1.47. The molecule has 0 atom stereocenters. The summed E-state index contributed by atoms with van der Waals surface area (Å²) in [6.45, 7) is 19.2. The number of nitrogens with zero attached hydrogens (tertiary/aromatic N) is 4. The molecular formula is C45H46BFN4O2. The molecule has 5 aromatic rings. The fraction of sp³-hybridized carbons (Fsp3) is 0.289. The van der Waals surface area contributed by atoms with Gasteiger partial charge in [-0.3, -0.25) is 19.4 Å². The van der Waals surface area contributed by atoms with Crippen molar-refractivity contribution in [3.05, 3.63) is 135 Å². The highest BCUT2D eigenvalue weighted by Crippen LogP contribution is 2.54. The zero-order valence-corrected chi connectivity index (χ0v) is 32.3. The molecule has 2 aliphatic rings. The van der Waals surface area contributed by atoms with Gasteiger partial charge in [-0.1, -0.05) is 115 Å². The quantitative estimate of drug-likeness (QED) is 0.0955. The van der Waals surface area contributed by atoms with E-state index in [0.717, 1.165) is 39.1 Å². The second-order valence-corrected chi connectivity index (χ2v) is 15.6. The Morgan fingerprint density at radius 3 is 1.55 bits per heavy atom. The molecule has 0 saturated carbocycles. The van der Waals surface area contributed by atoms with Gasteiger partial charge in [-0.25, -0.2) is 14.4 Å². The molecule has 6 nitrogen and oxygen atoms in total. The van der Waals surface area contributed by atoms with Crippen molar-refractivity contribution in [2.45, 2.75) is 86.0 Å². The summed E-state index contributed by atoms with van der Waals surface area (Å²) in [5, 5.41) is 0. The highest BCUT2D eigenvalue weighted by Gasteiger charge is 2.42. The number of fused-ring (bicyclic) bond motifs is 3. The second-order valence-electron chi connectivity index (χ2n) is 15.6. The number of carbonyl (C=O) groups excluding carboxylic acids is 2. The molecule has 0 unspecified atom stereocenters. The molecule has 2 heterocycles. The normalized spacial score (nSPS) is 15.8. The number of aryl methyl sites for hydroxylation is 1. The number of ketones is 2. The number of halogens is 1. The zero-order valence-electron chi connectivity index (χ0n) is 32.3. The topological polar surface area (TPSA) is 66.4 Å². The lowest BCUT2D eigenvalue weighted by Crippen LogP contribution is -2.26. The van der Waals surface area contributed by atoms with Gasteiger partial charge in [-0.05, 0) is 76.6 Å². The van der Waals surface area contributed by atoms with Gasteiger partial charge in [0.1, 0.15) is 19.5 Å². The molecule has 0 radical (unpaired) electrons. The average molecular weight is 705 g/mol. The standard InChI is InChI=1S/C45H46BFN4O2/c1-23(2)29-12-10-13-30(24(3)4)40(29)50-39(19-18-34-42(52)33-17-16-28(46)21-35(33)43(34)53)51(41-31(25(5)6)14-11-15-32(41)26(7)8)45-44(50)48-37-20-27(9)36(47)22-38(37)49-45/h10-26H,46H2,1-9H3/b34-18+,39-19-. The molecule has 268 valence electrons. The fourth-order valence-corrected chi connectivity index (χ4v) is 7.66. The number of hydrogen-bond acceptors (Lipinski definition) is 6. The third-order valence-electron chi connectivity index (χ3n) is 10.5. The van der Waals surface area contributed by atoms with E-state index in [4.69, 9.17) is 9.97 Å². The van der Waals surface area contributed by atoms with Crippen molar-refractivity contribution in [3.63, 3.8) is 0 Å².